The van der Waals surface area contributed by atoms with Crippen LogP contribution in [-0.4, -0.2) is 69.4 Å². The number of nitrogens with zero attached hydrogens (tertiary/aromatic N) is 4. The summed E-state index contributed by atoms with van der Waals surface area (Å²) in [4.78, 5) is 32.5. The Balaban J connectivity index is 1.20. The van der Waals surface area contributed by atoms with Crippen LogP contribution < -0.4 is 15.0 Å². The lowest BCUT2D eigenvalue weighted by molar-refractivity contribution is 0.0856. The van der Waals surface area contributed by atoms with E-state index in [4.69, 9.17) is 9.47 Å². The van der Waals surface area contributed by atoms with E-state index in [1.165, 1.54) is 4.90 Å². The lowest BCUT2D eigenvalue weighted by Gasteiger charge is -2.37. The van der Waals surface area contributed by atoms with E-state index in [1.807, 2.05) is 30.3 Å². The molecule has 0 unspecified atom stereocenters. The van der Waals surface area contributed by atoms with Gasteiger partial charge < -0.3 is 28.9 Å². The summed E-state index contributed by atoms with van der Waals surface area (Å²) in [6, 6.07) is 10.9. The van der Waals surface area contributed by atoms with E-state index in [1.54, 1.807) is 23.0 Å². The van der Waals surface area contributed by atoms with Crippen molar-refractivity contribution in [3.63, 3.8) is 0 Å². The predicted molar refractivity (Wildman–Crippen MR) is 126 cm³/mol. The Kier molecular flexibility index (Phi) is 6.35. The molecule has 0 spiro atoms. The number of fused-ring (bicyclic) bond motifs is 2. The van der Waals surface area contributed by atoms with Gasteiger partial charge in [0, 0.05) is 56.4 Å². The summed E-state index contributed by atoms with van der Waals surface area (Å²) in [5, 5.41) is 10.9. The summed E-state index contributed by atoms with van der Waals surface area (Å²) in [6.45, 7) is 4.22. The Labute approximate surface area is 197 Å². The standard InChI is InChI=1S/C25H28N4O5/c30-24-4-2-19-5-8-26-16-21(19)28(24)12-11-27-9-6-20(7-10-27)29(25(31)32)17-18-1-3-22-23(15-18)34-14-13-33-22/h1-5,8,15-16,20H,6-7,9-14,17H2,(H,31,32). The highest BCUT2D eigenvalue weighted by atomic mass is 16.6. The second kappa shape index (κ2) is 9.72. The van der Waals surface area contributed by atoms with Crippen LogP contribution in [0.5, 0.6) is 11.5 Å². The fourth-order valence-corrected chi connectivity index (χ4v) is 4.80. The van der Waals surface area contributed by atoms with Gasteiger partial charge >= 0.3 is 6.09 Å². The van der Waals surface area contributed by atoms with Gasteiger partial charge in [-0.2, -0.15) is 0 Å². The Morgan fingerprint density at radius 3 is 2.65 bits per heavy atom. The molecular weight excluding hydrogens is 436 g/mol. The molecule has 0 saturated carbocycles. The van der Waals surface area contributed by atoms with Crippen molar-refractivity contribution in [3.05, 3.63) is 64.7 Å². The van der Waals surface area contributed by atoms with Gasteiger partial charge in [-0.3, -0.25) is 9.78 Å². The third-order valence-electron chi connectivity index (χ3n) is 6.64. The largest absolute Gasteiger partial charge is 0.486 e. The fraction of sp³-hybridized carbons (Fsp3) is 0.400. The van der Waals surface area contributed by atoms with Crippen LogP contribution in [0.3, 0.4) is 0 Å². The van der Waals surface area contributed by atoms with Crippen molar-refractivity contribution < 1.29 is 19.4 Å². The van der Waals surface area contributed by atoms with Crippen LogP contribution in [0.2, 0.25) is 0 Å². The predicted octanol–water partition coefficient (Wildman–Crippen LogP) is 2.81. The second-order valence-electron chi connectivity index (χ2n) is 8.72. The van der Waals surface area contributed by atoms with Crippen LogP contribution >= 0.6 is 0 Å². The molecule has 0 atom stereocenters. The third kappa shape index (κ3) is 4.70. The van der Waals surface area contributed by atoms with Crippen molar-refractivity contribution in [2.75, 3.05) is 32.8 Å². The maximum atomic E-state index is 12.4. The van der Waals surface area contributed by atoms with Crippen molar-refractivity contribution in [1.29, 1.82) is 0 Å². The Hall–Kier alpha value is -3.59. The highest BCUT2D eigenvalue weighted by molar-refractivity contribution is 5.77. The van der Waals surface area contributed by atoms with E-state index in [0.717, 1.165) is 48.9 Å². The molecule has 2 aromatic heterocycles. The first-order valence-corrected chi connectivity index (χ1v) is 11.6. The van der Waals surface area contributed by atoms with Crippen molar-refractivity contribution in [3.8, 4) is 11.5 Å². The fourth-order valence-electron chi connectivity index (χ4n) is 4.80. The molecular formula is C25H28N4O5. The van der Waals surface area contributed by atoms with Gasteiger partial charge in [0.05, 0.1) is 11.7 Å². The highest BCUT2D eigenvalue weighted by Crippen LogP contribution is 2.31. The van der Waals surface area contributed by atoms with Crippen molar-refractivity contribution in [2.24, 2.45) is 0 Å². The first kappa shape index (κ1) is 22.2. The lowest BCUT2D eigenvalue weighted by Crippen LogP contribution is -2.47. The molecule has 4 heterocycles. The van der Waals surface area contributed by atoms with Crippen LogP contribution in [0.25, 0.3) is 10.9 Å². The van der Waals surface area contributed by atoms with E-state index in [-0.39, 0.29) is 11.6 Å². The minimum Gasteiger partial charge on any atom is -0.486 e. The van der Waals surface area contributed by atoms with Gasteiger partial charge in [0.25, 0.3) is 5.56 Å². The zero-order valence-electron chi connectivity index (χ0n) is 18.9. The molecule has 178 valence electrons. The number of rotatable bonds is 6. The summed E-state index contributed by atoms with van der Waals surface area (Å²) < 4.78 is 13.0. The SMILES string of the molecule is O=C(O)N(Cc1ccc2c(c1)OCCO2)C1CCN(CCn2c(=O)ccc3ccncc32)CC1. The maximum Gasteiger partial charge on any atom is 0.407 e. The van der Waals surface area contributed by atoms with Crippen molar-refractivity contribution >= 4 is 17.0 Å². The number of pyridine rings is 2. The molecule has 5 rings (SSSR count). The molecule has 1 amide bonds. The van der Waals surface area contributed by atoms with Crippen molar-refractivity contribution in [1.82, 2.24) is 19.4 Å². The van der Waals surface area contributed by atoms with Crippen LogP contribution in [0.4, 0.5) is 4.79 Å². The first-order valence-electron chi connectivity index (χ1n) is 11.6. The number of aromatic nitrogens is 2. The van der Waals surface area contributed by atoms with Gasteiger partial charge in [-0.25, -0.2) is 4.79 Å². The van der Waals surface area contributed by atoms with Gasteiger partial charge in [-0.15, -0.1) is 0 Å². The van der Waals surface area contributed by atoms with Gasteiger partial charge in [-0.1, -0.05) is 6.07 Å². The molecule has 0 bridgehead atoms. The number of carboxylic acid groups (broad SMARTS) is 1. The number of carbonyl (C=O) groups is 1. The Morgan fingerprint density at radius 2 is 1.85 bits per heavy atom. The number of ether oxygens (including phenoxy) is 2. The van der Waals surface area contributed by atoms with Gasteiger partial charge in [0.1, 0.15) is 13.2 Å². The normalized spacial score (nSPS) is 16.5. The molecule has 34 heavy (non-hydrogen) atoms. The minimum absolute atomic E-state index is 0.0353. The first-order chi connectivity index (χ1) is 16.6. The van der Waals surface area contributed by atoms with E-state index in [9.17, 15) is 14.7 Å². The second-order valence-corrected chi connectivity index (χ2v) is 8.72. The molecule has 9 heteroatoms. The topological polar surface area (TPSA) is 97.1 Å². The number of piperidine rings is 1. The van der Waals surface area contributed by atoms with Gasteiger partial charge in [-0.05, 0) is 42.7 Å². The molecule has 0 radical (unpaired) electrons. The summed E-state index contributed by atoms with van der Waals surface area (Å²) in [7, 11) is 0. The molecule has 1 fully saturated rings. The molecule has 2 aliphatic heterocycles. The highest BCUT2D eigenvalue weighted by Gasteiger charge is 2.28. The van der Waals surface area contributed by atoms with Gasteiger partial charge in [0.2, 0.25) is 0 Å². The summed E-state index contributed by atoms with van der Waals surface area (Å²) >= 11 is 0. The summed E-state index contributed by atoms with van der Waals surface area (Å²) in [5.41, 5.74) is 1.69. The zero-order chi connectivity index (χ0) is 23.5. The average molecular weight is 465 g/mol. The molecule has 1 N–H and O–H groups in total. The molecule has 1 aromatic carbocycles. The van der Waals surface area contributed by atoms with Crippen LogP contribution in [0, 0.1) is 0 Å². The smallest absolute Gasteiger partial charge is 0.407 e. The number of benzene rings is 1. The number of amides is 1. The Morgan fingerprint density at radius 1 is 1.06 bits per heavy atom. The van der Waals surface area contributed by atoms with Crippen LogP contribution in [0.1, 0.15) is 18.4 Å². The van der Waals surface area contributed by atoms with E-state index in [0.29, 0.717) is 37.8 Å². The van der Waals surface area contributed by atoms with Gasteiger partial charge in [0.15, 0.2) is 11.5 Å². The molecule has 1 saturated heterocycles. The number of hydrogen-bond donors (Lipinski definition) is 1. The monoisotopic (exact) mass is 464 g/mol. The lowest BCUT2D eigenvalue weighted by atomic mass is 10.0. The molecule has 9 nitrogen and oxygen atoms in total. The quantitative estimate of drug-likeness (QED) is 0.599. The summed E-state index contributed by atoms with van der Waals surface area (Å²) in [6.07, 6.45) is 4.04. The number of likely N-dealkylation sites (tertiary alicyclic amines) is 1. The average Bonchev–Trinajstić information content (AvgIpc) is 2.87. The third-order valence-corrected chi connectivity index (χ3v) is 6.64. The molecule has 0 aliphatic carbocycles. The van der Waals surface area contributed by atoms with Crippen molar-refractivity contribution in [2.45, 2.75) is 32.0 Å². The minimum atomic E-state index is -0.914. The van der Waals surface area contributed by atoms with Crippen LogP contribution in [0.15, 0.2) is 53.6 Å². The van der Waals surface area contributed by atoms with E-state index in [2.05, 4.69) is 9.88 Å². The molecule has 3 aromatic rings. The molecule has 2 aliphatic rings. The zero-order valence-corrected chi connectivity index (χ0v) is 18.9. The Bertz CT molecular complexity index is 1240. The van der Waals surface area contributed by atoms with E-state index >= 15 is 0 Å². The van der Waals surface area contributed by atoms with E-state index < -0.39 is 6.09 Å². The summed E-state index contributed by atoms with van der Waals surface area (Å²) in [5.74, 6) is 1.37. The van der Waals surface area contributed by atoms with Crippen LogP contribution in [-0.2, 0) is 13.1 Å². The number of hydrogen-bond acceptors (Lipinski definition) is 6. The maximum absolute atomic E-state index is 12.4.